The van der Waals surface area contributed by atoms with E-state index >= 15 is 0 Å². The van der Waals surface area contributed by atoms with E-state index in [2.05, 4.69) is 5.32 Å². The molecular weight excluding hydrogens is 264 g/mol. The van der Waals surface area contributed by atoms with Gasteiger partial charge in [0.15, 0.2) is 0 Å². The van der Waals surface area contributed by atoms with Crippen LogP contribution in [0.25, 0.3) is 0 Å². The number of hydrogen-bond acceptors (Lipinski definition) is 3. The fraction of sp³-hybridized carbons (Fsp3) is 0.769. The Balaban J connectivity index is 2.58. The van der Waals surface area contributed by atoms with Crippen molar-refractivity contribution in [2.45, 2.75) is 51.6 Å². The van der Waals surface area contributed by atoms with Gasteiger partial charge in [0.05, 0.1) is 0 Å². The molecule has 0 saturated heterocycles. The minimum absolute atomic E-state index is 0.114. The highest BCUT2D eigenvalue weighted by molar-refractivity contribution is 5.83. The molecule has 0 bridgehead atoms. The van der Waals surface area contributed by atoms with Gasteiger partial charge in [-0.25, -0.2) is 9.59 Å². The maximum absolute atomic E-state index is 12.1. The number of carboxylic acid groups (broad SMARTS) is 2. The third-order valence-electron chi connectivity index (χ3n) is 3.05. The first-order valence-electron chi connectivity index (χ1n) is 6.83. The highest BCUT2D eigenvalue weighted by Gasteiger charge is 2.34. The van der Waals surface area contributed by atoms with Crippen LogP contribution in [0.2, 0.25) is 0 Å². The predicted molar refractivity (Wildman–Crippen MR) is 71.4 cm³/mol. The second-order valence-corrected chi connectivity index (χ2v) is 5.55. The first-order chi connectivity index (χ1) is 9.31. The molecule has 7 nitrogen and oxygen atoms in total. The zero-order valence-corrected chi connectivity index (χ0v) is 11.8. The lowest BCUT2D eigenvalue weighted by atomic mass is 10.1. The van der Waals surface area contributed by atoms with Crippen LogP contribution in [0, 0.1) is 5.92 Å². The quantitative estimate of drug-likeness (QED) is 0.620. The van der Waals surface area contributed by atoms with Gasteiger partial charge in [0.1, 0.15) is 6.04 Å². The van der Waals surface area contributed by atoms with Crippen LogP contribution in [0.1, 0.15) is 39.5 Å². The van der Waals surface area contributed by atoms with E-state index in [0.717, 1.165) is 12.8 Å². The van der Waals surface area contributed by atoms with Crippen molar-refractivity contribution < 1.29 is 24.6 Å². The minimum Gasteiger partial charge on any atom is -0.481 e. The van der Waals surface area contributed by atoms with Gasteiger partial charge < -0.3 is 20.4 Å². The summed E-state index contributed by atoms with van der Waals surface area (Å²) in [5.41, 5.74) is 0. The standard InChI is InChI=1S/C13H22N2O5/c1-8(2)7-15(9-3-4-9)13(20)14-10(12(18)19)5-6-11(16)17/h8-10H,3-7H2,1-2H3,(H,14,20)(H,16,17)(H,18,19). The number of carbonyl (C=O) groups excluding carboxylic acids is 1. The predicted octanol–water partition coefficient (Wildman–Crippen LogP) is 1.13. The molecule has 2 amide bonds. The fourth-order valence-electron chi connectivity index (χ4n) is 1.93. The van der Waals surface area contributed by atoms with Crippen LogP contribution in [-0.2, 0) is 9.59 Å². The number of hydrogen-bond donors (Lipinski definition) is 3. The normalized spacial score (nSPS) is 15.8. The average Bonchev–Trinajstić information content (AvgIpc) is 3.14. The molecule has 114 valence electrons. The third-order valence-corrected chi connectivity index (χ3v) is 3.05. The molecule has 1 rings (SSSR count). The van der Waals surface area contributed by atoms with Gasteiger partial charge in [-0.1, -0.05) is 13.8 Å². The third kappa shape index (κ3) is 5.46. The van der Waals surface area contributed by atoms with Crippen LogP contribution in [-0.4, -0.2) is 51.7 Å². The number of amides is 2. The van der Waals surface area contributed by atoms with E-state index in [1.165, 1.54) is 0 Å². The van der Waals surface area contributed by atoms with E-state index in [0.29, 0.717) is 12.5 Å². The molecule has 0 spiro atoms. The highest BCUT2D eigenvalue weighted by Crippen LogP contribution is 2.27. The Labute approximate surface area is 117 Å². The van der Waals surface area contributed by atoms with Gasteiger partial charge in [0, 0.05) is 19.0 Å². The molecule has 7 heteroatoms. The monoisotopic (exact) mass is 286 g/mol. The van der Waals surface area contributed by atoms with E-state index < -0.39 is 24.0 Å². The number of aliphatic carboxylic acids is 2. The first kappa shape index (κ1) is 16.3. The molecule has 0 aromatic carbocycles. The van der Waals surface area contributed by atoms with Crippen LogP contribution in [0.4, 0.5) is 4.79 Å². The van der Waals surface area contributed by atoms with Crippen LogP contribution in [0.15, 0.2) is 0 Å². The SMILES string of the molecule is CC(C)CN(C(=O)NC(CCC(=O)O)C(=O)O)C1CC1. The van der Waals surface area contributed by atoms with Gasteiger partial charge in [-0.3, -0.25) is 4.79 Å². The number of urea groups is 1. The van der Waals surface area contributed by atoms with Gasteiger partial charge in [-0.05, 0) is 25.2 Å². The number of nitrogens with one attached hydrogen (secondary N) is 1. The van der Waals surface area contributed by atoms with Crippen LogP contribution in [0.3, 0.4) is 0 Å². The van der Waals surface area contributed by atoms with Crippen molar-refractivity contribution in [2.24, 2.45) is 5.92 Å². The molecule has 0 aromatic heterocycles. The van der Waals surface area contributed by atoms with Crippen molar-refractivity contribution in [3.8, 4) is 0 Å². The molecule has 1 fully saturated rings. The van der Waals surface area contributed by atoms with E-state index in [1.54, 1.807) is 4.90 Å². The summed E-state index contributed by atoms with van der Waals surface area (Å²) in [4.78, 5) is 35.3. The lowest BCUT2D eigenvalue weighted by Gasteiger charge is -2.26. The zero-order valence-electron chi connectivity index (χ0n) is 11.8. The smallest absolute Gasteiger partial charge is 0.326 e. The van der Waals surface area contributed by atoms with Crippen LogP contribution in [0.5, 0.6) is 0 Å². The minimum atomic E-state index is -1.21. The fourth-order valence-corrected chi connectivity index (χ4v) is 1.93. The second-order valence-electron chi connectivity index (χ2n) is 5.55. The van der Waals surface area contributed by atoms with Crippen LogP contribution < -0.4 is 5.32 Å². The van der Waals surface area contributed by atoms with Gasteiger partial charge in [-0.15, -0.1) is 0 Å². The largest absolute Gasteiger partial charge is 0.481 e. The second kappa shape index (κ2) is 7.12. The van der Waals surface area contributed by atoms with E-state index in [1.807, 2.05) is 13.8 Å². The molecule has 3 N–H and O–H groups in total. The summed E-state index contributed by atoms with van der Waals surface area (Å²) < 4.78 is 0. The Bertz CT molecular complexity index is 379. The molecule has 1 atom stereocenters. The zero-order chi connectivity index (χ0) is 15.3. The Hall–Kier alpha value is -1.79. The molecule has 0 heterocycles. The van der Waals surface area contributed by atoms with E-state index in [-0.39, 0.29) is 18.9 Å². The first-order valence-corrected chi connectivity index (χ1v) is 6.83. The summed E-state index contributed by atoms with van der Waals surface area (Å²) in [5.74, 6) is -1.99. The van der Waals surface area contributed by atoms with Crippen molar-refractivity contribution in [2.75, 3.05) is 6.54 Å². The van der Waals surface area contributed by atoms with Gasteiger partial charge in [0.2, 0.25) is 0 Å². The summed E-state index contributed by atoms with van der Waals surface area (Å²) >= 11 is 0. The highest BCUT2D eigenvalue weighted by atomic mass is 16.4. The molecule has 0 radical (unpaired) electrons. The number of nitrogens with zero attached hydrogens (tertiary/aromatic N) is 1. The molecular formula is C13H22N2O5. The van der Waals surface area contributed by atoms with Gasteiger partial charge >= 0.3 is 18.0 Å². The van der Waals surface area contributed by atoms with Gasteiger partial charge in [0.25, 0.3) is 0 Å². The Morgan fingerprint density at radius 2 is 1.85 bits per heavy atom. The van der Waals surface area contributed by atoms with Crippen molar-refractivity contribution in [1.29, 1.82) is 0 Å². The van der Waals surface area contributed by atoms with Crippen molar-refractivity contribution in [1.82, 2.24) is 10.2 Å². The molecule has 0 aromatic rings. The number of carbonyl (C=O) groups is 3. The van der Waals surface area contributed by atoms with Crippen molar-refractivity contribution in [3.05, 3.63) is 0 Å². The van der Waals surface area contributed by atoms with Crippen molar-refractivity contribution >= 4 is 18.0 Å². The van der Waals surface area contributed by atoms with E-state index in [9.17, 15) is 14.4 Å². The summed E-state index contributed by atoms with van der Waals surface area (Å²) in [6, 6.07) is -1.39. The number of carboxylic acids is 2. The Morgan fingerprint density at radius 3 is 2.25 bits per heavy atom. The Kier molecular flexibility index (Phi) is 5.79. The molecule has 1 aliphatic rings. The maximum atomic E-state index is 12.1. The summed E-state index contributed by atoms with van der Waals surface area (Å²) in [7, 11) is 0. The summed E-state index contributed by atoms with van der Waals surface area (Å²) in [6.07, 6.45) is 1.47. The molecule has 1 saturated carbocycles. The maximum Gasteiger partial charge on any atom is 0.326 e. The summed E-state index contributed by atoms with van der Waals surface area (Å²) in [5, 5.41) is 20.0. The lowest BCUT2D eigenvalue weighted by Crippen LogP contribution is -2.49. The van der Waals surface area contributed by atoms with E-state index in [4.69, 9.17) is 10.2 Å². The molecule has 20 heavy (non-hydrogen) atoms. The lowest BCUT2D eigenvalue weighted by molar-refractivity contribution is -0.140. The number of rotatable bonds is 8. The Morgan fingerprint density at radius 1 is 1.25 bits per heavy atom. The summed E-state index contributed by atoms with van der Waals surface area (Å²) in [6.45, 7) is 4.55. The topological polar surface area (TPSA) is 107 Å². The van der Waals surface area contributed by atoms with Crippen molar-refractivity contribution in [3.63, 3.8) is 0 Å². The molecule has 1 unspecified atom stereocenters. The van der Waals surface area contributed by atoms with Crippen LogP contribution >= 0.6 is 0 Å². The molecule has 0 aliphatic heterocycles. The molecule has 1 aliphatic carbocycles. The average molecular weight is 286 g/mol. The van der Waals surface area contributed by atoms with Gasteiger partial charge in [-0.2, -0.15) is 0 Å².